The fourth-order valence-electron chi connectivity index (χ4n) is 6.99. The van der Waals surface area contributed by atoms with Gasteiger partial charge >= 0.3 is 0 Å². The summed E-state index contributed by atoms with van der Waals surface area (Å²) >= 11 is 6.21. The number of ether oxygens (including phenoxy) is 2. The first-order chi connectivity index (χ1) is 22.3. The van der Waals surface area contributed by atoms with Gasteiger partial charge in [0.25, 0.3) is 0 Å². The molecule has 46 heavy (non-hydrogen) atoms. The van der Waals surface area contributed by atoms with E-state index in [0.29, 0.717) is 34.6 Å². The number of halogens is 1. The molecule has 0 saturated carbocycles. The van der Waals surface area contributed by atoms with E-state index in [0.717, 1.165) is 62.0 Å². The van der Waals surface area contributed by atoms with Crippen molar-refractivity contribution < 1.29 is 14.3 Å². The molecule has 11 heteroatoms. The number of benzene rings is 2. The zero-order valence-electron chi connectivity index (χ0n) is 27.0. The van der Waals surface area contributed by atoms with Gasteiger partial charge in [0.2, 0.25) is 5.91 Å². The van der Waals surface area contributed by atoms with Crippen LogP contribution >= 0.6 is 11.6 Å². The number of amides is 1. The molecule has 4 heterocycles. The molecule has 0 radical (unpaired) electrons. The third-order valence-corrected chi connectivity index (χ3v) is 9.39. The average molecular weight is 646 g/mol. The number of hydrogen-bond donors (Lipinski definition) is 1. The van der Waals surface area contributed by atoms with Crippen molar-refractivity contribution in [3.05, 3.63) is 65.1 Å². The lowest BCUT2D eigenvalue weighted by atomic mass is 9.87. The molecular weight excluding hydrogens is 602 g/mol. The van der Waals surface area contributed by atoms with Gasteiger partial charge in [0.1, 0.15) is 17.6 Å². The molecule has 6 rings (SSSR count). The molecular formula is C35H44ClN7O3. The number of likely N-dealkylation sites (tertiary alicyclic amines) is 2. The number of aromatic nitrogens is 3. The van der Waals surface area contributed by atoms with E-state index in [1.807, 2.05) is 58.7 Å². The molecule has 0 aliphatic carbocycles. The highest BCUT2D eigenvalue weighted by molar-refractivity contribution is 6.30. The molecule has 2 saturated heterocycles. The molecule has 2 N–H and O–H groups in total. The van der Waals surface area contributed by atoms with Gasteiger partial charge in [0.05, 0.1) is 13.7 Å². The standard InChI is InChI=1S/C35H44ClN7O3/c1-40(2)22-31(44)42-18-13-24(14-19-42)33-28(10-7-17-41-15-4-5-16-41)32(34-35(37)38-23-39-43(33)34)25-11-12-29(30(20-25)45-3)46-27-9-6-8-26(36)21-27/h6,8-9,11-12,20-21,23-24H,4-5,7,10,13-19,22H2,1-3H3,(H2,37,38,39). The highest BCUT2D eigenvalue weighted by atomic mass is 35.5. The second-order valence-electron chi connectivity index (χ2n) is 12.6. The summed E-state index contributed by atoms with van der Waals surface area (Å²) in [5, 5.41) is 5.39. The predicted molar refractivity (Wildman–Crippen MR) is 182 cm³/mol. The van der Waals surface area contributed by atoms with Crippen molar-refractivity contribution in [1.29, 1.82) is 0 Å². The van der Waals surface area contributed by atoms with Crippen LogP contribution < -0.4 is 15.2 Å². The Hall–Kier alpha value is -3.86. The number of nitrogen functional groups attached to an aromatic ring is 1. The van der Waals surface area contributed by atoms with Gasteiger partial charge in [-0.05, 0) is 114 Å². The number of anilines is 1. The van der Waals surface area contributed by atoms with E-state index in [9.17, 15) is 4.79 Å². The summed E-state index contributed by atoms with van der Waals surface area (Å²) in [4.78, 5) is 23.8. The monoisotopic (exact) mass is 645 g/mol. The molecule has 2 fully saturated rings. The quantitative estimate of drug-likeness (QED) is 0.221. The summed E-state index contributed by atoms with van der Waals surface area (Å²) in [5.41, 5.74) is 11.9. The van der Waals surface area contributed by atoms with Crippen LogP contribution in [-0.2, 0) is 11.2 Å². The minimum Gasteiger partial charge on any atom is -0.493 e. The van der Waals surface area contributed by atoms with E-state index in [1.165, 1.54) is 37.2 Å². The normalized spacial score (nSPS) is 16.1. The second kappa shape index (κ2) is 14.3. The third-order valence-electron chi connectivity index (χ3n) is 9.16. The average Bonchev–Trinajstić information content (AvgIpc) is 3.68. The summed E-state index contributed by atoms with van der Waals surface area (Å²) in [6.07, 6.45) is 7.72. The van der Waals surface area contributed by atoms with Crippen molar-refractivity contribution in [2.75, 3.05) is 66.2 Å². The van der Waals surface area contributed by atoms with Crippen molar-refractivity contribution in [1.82, 2.24) is 29.3 Å². The summed E-state index contributed by atoms with van der Waals surface area (Å²) in [7, 11) is 5.51. The van der Waals surface area contributed by atoms with E-state index in [2.05, 4.69) is 16.0 Å². The molecule has 2 aliphatic rings. The lowest BCUT2D eigenvalue weighted by Gasteiger charge is -2.33. The van der Waals surface area contributed by atoms with E-state index in [4.69, 9.17) is 31.9 Å². The highest BCUT2D eigenvalue weighted by Gasteiger charge is 2.32. The zero-order chi connectivity index (χ0) is 32.2. The maximum absolute atomic E-state index is 12.9. The Bertz CT molecular complexity index is 1680. The summed E-state index contributed by atoms with van der Waals surface area (Å²) in [6, 6.07) is 13.3. The van der Waals surface area contributed by atoms with Crippen molar-refractivity contribution in [3.8, 4) is 28.4 Å². The van der Waals surface area contributed by atoms with Crippen LogP contribution in [-0.4, -0.2) is 95.7 Å². The van der Waals surface area contributed by atoms with Crippen molar-refractivity contribution >= 4 is 28.8 Å². The molecule has 2 aromatic carbocycles. The van der Waals surface area contributed by atoms with Crippen LogP contribution in [0.2, 0.25) is 5.02 Å². The van der Waals surface area contributed by atoms with Gasteiger partial charge in [-0.15, -0.1) is 0 Å². The first kappa shape index (κ1) is 32.1. The topological polar surface area (TPSA) is 101 Å². The summed E-state index contributed by atoms with van der Waals surface area (Å²) in [6.45, 7) is 5.25. The number of nitrogens with two attached hydrogens (primary N) is 1. The molecule has 0 atom stereocenters. The van der Waals surface area contributed by atoms with Gasteiger partial charge in [0, 0.05) is 35.3 Å². The van der Waals surface area contributed by atoms with Gasteiger partial charge in [-0.2, -0.15) is 5.10 Å². The fourth-order valence-corrected chi connectivity index (χ4v) is 7.17. The molecule has 4 aromatic rings. The van der Waals surface area contributed by atoms with Crippen molar-refractivity contribution in [2.24, 2.45) is 0 Å². The molecule has 2 aliphatic heterocycles. The third kappa shape index (κ3) is 6.94. The number of likely N-dealkylation sites (N-methyl/N-ethyl adjacent to an activating group) is 1. The van der Waals surface area contributed by atoms with Crippen LogP contribution in [0.4, 0.5) is 5.82 Å². The van der Waals surface area contributed by atoms with E-state index >= 15 is 0 Å². The Morgan fingerprint density at radius 2 is 1.85 bits per heavy atom. The number of carbonyl (C=O) groups excluding carboxylic acids is 1. The second-order valence-corrected chi connectivity index (χ2v) is 13.1. The highest BCUT2D eigenvalue weighted by Crippen LogP contribution is 2.44. The molecule has 0 spiro atoms. The van der Waals surface area contributed by atoms with Gasteiger partial charge in [0.15, 0.2) is 17.3 Å². The smallest absolute Gasteiger partial charge is 0.236 e. The van der Waals surface area contributed by atoms with Gasteiger partial charge in [-0.25, -0.2) is 9.50 Å². The van der Waals surface area contributed by atoms with Gasteiger partial charge in [-0.1, -0.05) is 23.7 Å². The number of rotatable bonds is 11. The minimum atomic E-state index is 0.175. The van der Waals surface area contributed by atoms with Crippen LogP contribution in [0.1, 0.15) is 49.3 Å². The van der Waals surface area contributed by atoms with Crippen LogP contribution in [0, 0.1) is 0 Å². The first-order valence-corrected chi connectivity index (χ1v) is 16.6. The number of hydrogen-bond acceptors (Lipinski definition) is 8. The Labute approximate surface area is 276 Å². The number of methoxy groups -OCH3 is 1. The van der Waals surface area contributed by atoms with E-state index < -0.39 is 0 Å². The van der Waals surface area contributed by atoms with Gasteiger partial charge in [-0.3, -0.25) is 4.79 Å². The maximum Gasteiger partial charge on any atom is 0.236 e. The number of nitrogens with zero attached hydrogens (tertiary/aromatic N) is 6. The fraction of sp³-hybridized carbons (Fsp3) is 0.457. The minimum absolute atomic E-state index is 0.175. The predicted octanol–water partition coefficient (Wildman–Crippen LogP) is 5.73. The molecule has 244 valence electrons. The number of carbonyl (C=O) groups is 1. The van der Waals surface area contributed by atoms with E-state index in [-0.39, 0.29) is 11.8 Å². The van der Waals surface area contributed by atoms with Crippen molar-refractivity contribution in [2.45, 2.75) is 44.4 Å². The Kier molecular flexibility index (Phi) is 9.96. The van der Waals surface area contributed by atoms with Crippen LogP contribution in [0.15, 0.2) is 48.8 Å². The lowest BCUT2D eigenvalue weighted by Crippen LogP contribution is -2.42. The Morgan fingerprint density at radius 3 is 2.57 bits per heavy atom. The van der Waals surface area contributed by atoms with Crippen LogP contribution in [0.25, 0.3) is 16.6 Å². The van der Waals surface area contributed by atoms with Crippen LogP contribution in [0.3, 0.4) is 0 Å². The molecule has 10 nitrogen and oxygen atoms in total. The maximum atomic E-state index is 12.9. The number of fused-ring (bicyclic) bond motifs is 1. The largest absolute Gasteiger partial charge is 0.493 e. The Balaban J connectivity index is 1.40. The molecule has 0 bridgehead atoms. The zero-order valence-corrected chi connectivity index (χ0v) is 27.8. The van der Waals surface area contributed by atoms with E-state index in [1.54, 1.807) is 19.5 Å². The van der Waals surface area contributed by atoms with Gasteiger partial charge < -0.3 is 29.9 Å². The van der Waals surface area contributed by atoms with Crippen molar-refractivity contribution in [3.63, 3.8) is 0 Å². The lowest BCUT2D eigenvalue weighted by molar-refractivity contribution is -0.132. The summed E-state index contributed by atoms with van der Waals surface area (Å²) < 4.78 is 14.1. The molecule has 0 unspecified atom stereocenters. The SMILES string of the molecule is COc1cc(-c2c(CCCN3CCCC3)c(C3CCN(C(=O)CN(C)C)CC3)n3ncnc(N)c23)ccc1Oc1cccc(Cl)c1. The summed E-state index contributed by atoms with van der Waals surface area (Å²) in [5.74, 6) is 2.66. The molecule has 2 aromatic heterocycles. The first-order valence-electron chi connectivity index (χ1n) is 16.2. The van der Waals surface area contributed by atoms with Crippen LogP contribution in [0.5, 0.6) is 17.2 Å². The molecule has 1 amide bonds. The Morgan fingerprint density at radius 1 is 1.07 bits per heavy atom. The number of piperidine rings is 1.